The summed E-state index contributed by atoms with van der Waals surface area (Å²) in [5.41, 5.74) is 2.89. The lowest BCUT2D eigenvalue weighted by Gasteiger charge is -2.11. The van der Waals surface area contributed by atoms with Gasteiger partial charge in [0.1, 0.15) is 17.2 Å². The normalized spacial score (nSPS) is 10.7. The highest BCUT2D eigenvalue weighted by Gasteiger charge is 2.17. The van der Waals surface area contributed by atoms with Crippen LogP contribution in [-0.2, 0) is 0 Å². The number of rotatable bonds is 5. The summed E-state index contributed by atoms with van der Waals surface area (Å²) in [5.74, 6) is 0.951. The predicted octanol–water partition coefficient (Wildman–Crippen LogP) is 4.33. The number of nitrogens with zero attached hydrogens (tertiary/aromatic N) is 2. The first-order chi connectivity index (χ1) is 13.2. The molecule has 4 rings (SSSR count). The number of ether oxygens (including phenoxy) is 2. The summed E-state index contributed by atoms with van der Waals surface area (Å²) >= 11 is 1.42. The molecule has 27 heavy (non-hydrogen) atoms. The number of benzene rings is 2. The minimum Gasteiger partial charge on any atom is -0.497 e. The number of aromatic nitrogens is 2. The van der Waals surface area contributed by atoms with Crippen molar-refractivity contribution in [3.8, 4) is 22.8 Å². The Bertz CT molecular complexity index is 1100. The van der Waals surface area contributed by atoms with Crippen LogP contribution in [0.2, 0.25) is 0 Å². The maximum absolute atomic E-state index is 12.9. The van der Waals surface area contributed by atoms with E-state index in [1.807, 2.05) is 36.5 Å². The smallest absolute Gasteiger partial charge is 0.273 e. The van der Waals surface area contributed by atoms with Crippen LogP contribution in [0.4, 0.5) is 5.69 Å². The van der Waals surface area contributed by atoms with Gasteiger partial charge in [0.25, 0.3) is 5.91 Å². The zero-order chi connectivity index (χ0) is 18.8. The first-order valence-electron chi connectivity index (χ1n) is 8.25. The molecule has 136 valence electrons. The van der Waals surface area contributed by atoms with Crippen molar-refractivity contribution in [2.45, 2.75) is 0 Å². The molecular formula is C20H17N3O3S. The van der Waals surface area contributed by atoms with Crippen LogP contribution in [0.5, 0.6) is 11.5 Å². The highest BCUT2D eigenvalue weighted by Crippen LogP contribution is 2.30. The van der Waals surface area contributed by atoms with E-state index >= 15 is 0 Å². The van der Waals surface area contributed by atoms with Gasteiger partial charge in [0.05, 0.1) is 25.6 Å². The van der Waals surface area contributed by atoms with Crippen molar-refractivity contribution in [3.05, 3.63) is 65.8 Å². The topological polar surface area (TPSA) is 64.9 Å². The van der Waals surface area contributed by atoms with Gasteiger partial charge in [-0.25, -0.2) is 4.98 Å². The van der Waals surface area contributed by atoms with E-state index in [0.29, 0.717) is 22.9 Å². The fraction of sp³-hybridized carbons (Fsp3) is 0.100. The van der Waals surface area contributed by atoms with Crippen LogP contribution in [-0.4, -0.2) is 29.5 Å². The molecule has 0 aliphatic rings. The van der Waals surface area contributed by atoms with Crippen LogP contribution < -0.4 is 14.8 Å². The van der Waals surface area contributed by atoms with Gasteiger partial charge in [-0.3, -0.25) is 9.20 Å². The van der Waals surface area contributed by atoms with E-state index in [0.717, 1.165) is 16.2 Å². The lowest BCUT2D eigenvalue weighted by Crippen LogP contribution is -2.14. The van der Waals surface area contributed by atoms with Gasteiger partial charge in [-0.1, -0.05) is 30.3 Å². The Morgan fingerprint density at radius 1 is 1.11 bits per heavy atom. The largest absolute Gasteiger partial charge is 0.497 e. The quantitative estimate of drug-likeness (QED) is 0.560. The molecule has 7 heteroatoms. The molecule has 0 aliphatic carbocycles. The summed E-state index contributed by atoms with van der Waals surface area (Å²) in [5, 5.41) is 4.68. The number of nitrogens with one attached hydrogen (secondary N) is 1. The van der Waals surface area contributed by atoms with Crippen molar-refractivity contribution >= 4 is 27.9 Å². The fourth-order valence-corrected chi connectivity index (χ4v) is 3.65. The Labute approximate surface area is 160 Å². The average molecular weight is 379 g/mol. The molecule has 0 radical (unpaired) electrons. The van der Waals surface area contributed by atoms with Gasteiger partial charge >= 0.3 is 0 Å². The third-order valence-corrected chi connectivity index (χ3v) is 5.01. The molecule has 0 spiro atoms. The van der Waals surface area contributed by atoms with E-state index in [-0.39, 0.29) is 5.91 Å². The maximum atomic E-state index is 12.9. The zero-order valence-corrected chi connectivity index (χ0v) is 15.6. The molecule has 0 saturated heterocycles. The number of hydrogen-bond acceptors (Lipinski definition) is 5. The van der Waals surface area contributed by atoms with Crippen LogP contribution >= 0.6 is 11.3 Å². The number of amides is 1. The summed E-state index contributed by atoms with van der Waals surface area (Å²) in [4.78, 5) is 18.2. The van der Waals surface area contributed by atoms with E-state index in [4.69, 9.17) is 9.47 Å². The molecule has 0 fully saturated rings. The molecule has 1 amide bonds. The summed E-state index contributed by atoms with van der Waals surface area (Å²) < 4.78 is 12.4. The van der Waals surface area contributed by atoms with Crippen molar-refractivity contribution in [2.75, 3.05) is 19.5 Å². The van der Waals surface area contributed by atoms with Gasteiger partial charge in [0.15, 0.2) is 4.96 Å². The Kier molecular flexibility index (Phi) is 4.52. The highest BCUT2D eigenvalue weighted by atomic mass is 32.1. The first-order valence-corrected chi connectivity index (χ1v) is 9.13. The van der Waals surface area contributed by atoms with Gasteiger partial charge in [0, 0.05) is 23.2 Å². The minimum absolute atomic E-state index is 0.246. The monoisotopic (exact) mass is 379 g/mol. The van der Waals surface area contributed by atoms with Crippen LogP contribution in [0.1, 0.15) is 10.5 Å². The number of fused-ring (bicyclic) bond motifs is 1. The van der Waals surface area contributed by atoms with Gasteiger partial charge in [0.2, 0.25) is 0 Å². The molecule has 2 aromatic heterocycles. The molecule has 0 unspecified atom stereocenters. The van der Waals surface area contributed by atoms with E-state index in [9.17, 15) is 4.79 Å². The second-order valence-electron chi connectivity index (χ2n) is 5.79. The average Bonchev–Trinajstić information content (AvgIpc) is 3.29. The molecule has 2 aromatic carbocycles. The summed E-state index contributed by atoms with van der Waals surface area (Å²) in [6.07, 6.45) is 1.87. The van der Waals surface area contributed by atoms with Crippen molar-refractivity contribution in [2.24, 2.45) is 0 Å². The van der Waals surface area contributed by atoms with Crippen molar-refractivity contribution < 1.29 is 14.3 Å². The third-order valence-electron chi connectivity index (χ3n) is 4.17. The Morgan fingerprint density at radius 3 is 2.67 bits per heavy atom. The summed E-state index contributed by atoms with van der Waals surface area (Å²) in [6.45, 7) is 0. The van der Waals surface area contributed by atoms with Gasteiger partial charge in [-0.2, -0.15) is 0 Å². The lowest BCUT2D eigenvalue weighted by atomic mass is 10.2. The van der Waals surface area contributed by atoms with Crippen molar-refractivity contribution in [1.82, 2.24) is 9.38 Å². The molecule has 0 bridgehead atoms. The number of imidazole rings is 1. The number of anilines is 1. The molecule has 2 heterocycles. The van der Waals surface area contributed by atoms with Gasteiger partial charge < -0.3 is 14.8 Å². The molecule has 1 N–H and O–H groups in total. The second kappa shape index (κ2) is 7.13. The van der Waals surface area contributed by atoms with Crippen LogP contribution in [0.25, 0.3) is 16.2 Å². The van der Waals surface area contributed by atoms with Crippen molar-refractivity contribution in [1.29, 1.82) is 0 Å². The molecule has 4 aromatic rings. The third kappa shape index (κ3) is 3.24. The number of carbonyl (C=O) groups is 1. The van der Waals surface area contributed by atoms with E-state index < -0.39 is 0 Å². The summed E-state index contributed by atoms with van der Waals surface area (Å²) in [6, 6.07) is 15.1. The van der Waals surface area contributed by atoms with Gasteiger partial charge in [-0.05, 0) is 12.1 Å². The number of methoxy groups -OCH3 is 2. The fourth-order valence-electron chi connectivity index (χ4n) is 2.79. The van der Waals surface area contributed by atoms with E-state index in [1.54, 1.807) is 42.2 Å². The zero-order valence-electron chi connectivity index (χ0n) is 14.8. The number of hydrogen-bond donors (Lipinski definition) is 1. The van der Waals surface area contributed by atoms with E-state index in [2.05, 4.69) is 10.3 Å². The van der Waals surface area contributed by atoms with E-state index in [1.165, 1.54) is 11.3 Å². The molecule has 0 saturated carbocycles. The number of carbonyl (C=O) groups excluding carboxylic acids is 1. The maximum Gasteiger partial charge on any atom is 0.273 e. The Morgan fingerprint density at radius 2 is 1.93 bits per heavy atom. The molecular weight excluding hydrogens is 362 g/mol. The second-order valence-corrected chi connectivity index (χ2v) is 6.62. The van der Waals surface area contributed by atoms with Gasteiger partial charge in [-0.15, -0.1) is 11.3 Å². The SMILES string of the molecule is COc1ccc(OC)c(NC(=O)c2csc3nc(-c4ccccc4)cn23)c1. The Hall–Kier alpha value is -3.32. The number of thiazole rings is 1. The highest BCUT2D eigenvalue weighted by molar-refractivity contribution is 7.15. The van der Waals surface area contributed by atoms with Crippen LogP contribution in [0.3, 0.4) is 0 Å². The van der Waals surface area contributed by atoms with Crippen molar-refractivity contribution in [3.63, 3.8) is 0 Å². The molecule has 0 atom stereocenters. The first kappa shape index (κ1) is 17.1. The van der Waals surface area contributed by atoms with Crippen LogP contribution in [0, 0.1) is 0 Å². The lowest BCUT2D eigenvalue weighted by molar-refractivity contribution is 0.102. The molecule has 6 nitrogen and oxygen atoms in total. The summed E-state index contributed by atoms with van der Waals surface area (Å²) in [7, 11) is 3.13. The standard InChI is InChI=1S/C20H17N3O3S/c1-25-14-8-9-18(26-2)15(10-14)21-19(24)17-12-27-20-22-16(11-23(17)20)13-6-4-3-5-7-13/h3-12H,1-2H3,(H,21,24). The Balaban J connectivity index is 1.67. The predicted molar refractivity (Wildman–Crippen MR) is 106 cm³/mol. The minimum atomic E-state index is -0.246. The molecule has 0 aliphatic heterocycles. The van der Waals surface area contributed by atoms with Crippen LogP contribution in [0.15, 0.2) is 60.1 Å².